The summed E-state index contributed by atoms with van der Waals surface area (Å²) in [4.78, 5) is 4.24. The Bertz CT molecular complexity index is 560. The number of hydrogen-bond donors (Lipinski definition) is 1. The molecule has 2 rings (SSSR count). The molecule has 0 amide bonds. The second kappa shape index (κ2) is 6.41. The number of nitrogens with zero attached hydrogens (tertiary/aromatic N) is 1. The van der Waals surface area contributed by atoms with Gasteiger partial charge in [0.2, 0.25) is 5.88 Å². The molecule has 0 bridgehead atoms. The second-order valence-electron chi connectivity index (χ2n) is 3.83. The van der Waals surface area contributed by atoms with Gasteiger partial charge in [0.05, 0.1) is 19.4 Å². The van der Waals surface area contributed by atoms with Gasteiger partial charge in [0.15, 0.2) is 0 Å². The SMILES string of the molecule is COc1cccc(COc2cccc(Cl)c2CO)n1. The molecule has 0 spiro atoms. The van der Waals surface area contributed by atoms with Crippen LogP contribution in [0.15, 0.2) is 36.4 Å². The van der Waals surface area contributed by atoms with E-state index in [9.17, 15) is 5.11 Å². The van der Waals surface area contributed by atoms with Crippen LogP contribution in [-0.4, -0.2) is 17.2 Å². The second-order valence-corrected chi connectivity index (χ2v) is 4.24. The number of hydrogen-bond acceptors (Lipinski definition) is 4. The van der Waals surface area contributed by atoms with Crippen molar-refractivity contribution in [3.8, 4) is 11.6 Å². The Labute approximate surface area is 116 Å². The number of aliphatic hydroxyl groups excluding tert-OH is 1. The molecule has 0 unspecified atom stereocenters. The Kier molecular flexibility index (Phi) is 4.60. The molecule has 0 saturated carbocycles. The lowest BCUT2D eigenvalue weighted by atomic mass is 10.2. The number of methoxy groups -OCH3 is 1. The van der Waals surface area contributed by atoms with Gasteiger partial charge in [-0.1, -0.05) is 23.7 Å². The van der Waals surface area contributed by atoms with E-state index in [1.165, 1.54) is 0 Å². The first-order valence-electron chi connectivity index (χ1n) is 5.75. The van der Waals surface area contributed by atoms with E-state index in [4.69, 9.17) is 21.1 Å². The fourth-order valence-corrected chi connectivity index (χ4v) is 1.86. The molecule has 0 aliphatic heterocycles. The predicted octanol–water partition coefficient (Wildman–Crippen LogP) is 2.81. The van der Waals surface area contributed by atoms with Crippen molar-refractivity contribution in [2.45, 2.75) is 13.2 Å². The third-order valence-corrected chi connectivity index (χ3v) is 2.95. The highest BCUT2D eigenvalue weighted by Crippen LogP contribution is 2.26. The summed E-state index contributed by atoms with van der Waals surface area (Å²) in [6.07, 6.45) is 0. The van der Waals surface area contributed by atoms with Crippen LogP contribution in [0.1, 0.15) is 11.3 Å². The topological polar surface area (TPSA) is 51.6 Å². The molecular formula is C14H14ClNO3. The molecule has 0 radical (unpaired) electrons. The lowest BCUT2D eigenvalue weighted by molar-refractivity contribution is 0.257. The van der Waals surface area contributed by atoms with Gasteiger partial charge in [-0.05, 0) is 18.2 Å². The maximum Gasteiger partial charge on any atom is 0.213 e. The van der Waals surface area contributed by atoms with Gasteiger partial charge in [-0.25, -0.2) is 4.98 Å². The smallest absolute Gasteiger partial charge is 0.213 e. The molecule has 19 heavy (non-hydrogen) atoms. The Morgan fingerprint density at radius 3 is 2.74 bits per heavy atom. The van der Waals surface area contributed by atoms with E-state index in [0.29, 0.717) is 22.2 Å². The zero-order valence-corrected chi connectivity index (χ0v) is 11.2. The van der Waals surface area contributed by atoms with Gasteiger partial charge in [-0.3, -0.25) is 0 Å². The first-order valence-corrected chi connectivity index (χ1v) is 6.13. The van der Waals surface area contributed by atoms with E-state index in [0.717, 1.165) is 5.69 Å². The van der Waals surface area contributed by atoms with Crippen LogP contribution < -0.4 is 9.47 Å². The van der Waals surface area contributed by atoms with Crippen LogP contribution >= 0.6 is 11.6 Å². The van der Waals surface area contributed by atoms with Gasteiger partial charge in [0, 0.05) is 16.7 Å². The van der Waals surface area contributed by atoms with Crippen molar-refractivity contribution in [2.75, 3.05) is 7.11 Å². The maximum absolute atomic E-state index is 9.28. The Morgan fingerprint density at radius 2 is 2.00 bits per heavy atom. The van der Waals surface area contributed by atoms with Gasteiger partial charge in [-0.15, -0.1) is 0 Å². The van der Waals surface area contributed by atoms with Crippen LogP contribution in [0, 0.1) is 0 Å². The number of aliphatic hydroxyl groups is 1. The van der Waals surface area contributed by atoms with Crippen LogP contribution in [0.2, 0.25) is 5.02 Å². The van der Waals surface area contributed by atoms with E-state index >= 15 is 0 Å². The molecule has 1 aromatic carbocycles. The van der Waals surface area contributed by atoms with E-state index in [1.54, 1.807) is 31.4 Å². The van der Waals surface area contributed by atoms with Crippen molar-refractivity contribution in [1.82, 2.24) is 4.98 Å². The van der Waals surface area contributed by atoms with Crippen molar-refractivity contribution in [1.29, 1.82) is 0 Å². The van der Waals surface area contributed by atoms with Gasteiger partial charge in [0.25, 0.3) is 0 Å². The molecule has 1 N–H and O–H groups in total. The van der Waals surface area contributed by atoms with Gasteiger partial charge >= 0.3 is 0 Å². The van der Waals surface area contributed by atoms with Crippen LogP contribution in [0.25, 0.3) is 0 Å². The molecule has 1 heterocycles. The van der Waals surface area contributed by atoms with Crippen LogP contribution in [-0.2, 0) is 13.2 Å². The Balaban J connectivity index is 2.12. The molecule has 4 nitrogen and oxygen atoms in total. The van der Waals surface area contributed by atoms with Gasteiger partial charge in [0.1, 0.15) is 12.4 Å². The molecule has 100 valence electrons. The lowest BCUT2D eigenvalue weighted by Gasteiger charge is -2.11. The van der Waals surface area contributed by atoms with Crippen molar-refractivity contribution in [2.24, 2.45) is 0 Å². The van der Waals surface area contributed by atoms with E-state index in [1.807, 2.05) is 12.1 Å². The van der Waals surface area contributed by atoms with Crippen molar-refractivity contribution in [3.63, 3.8) is 0 Å². The minimum atomic E-state index is -0.166. The largest absolute Gasteiger partial charge is 0.487 e. The van der Waals surface area contributed by atoms with Crippen molar-refractivity contribution < 1.29 is 14.6 Å². The third kappa shape index (κ3) is 3.36. The van der Waals surface area contributed by atoms with E-state index < -0.39 is 0 Å². The molecule has 1 aromatic heterocycles. The molecular weight excluding hydrogens is 266 g/mol. The molecule has 0 aliphatic rings. The first-order chi connectivity index (χ1) is 9.24. The Morgan fingerprint density at radius 1 is 1.21 bits per heavy atom. The maximum atomic E-state index is 9.28. The number of pyridine rings is 1. The highest BCUT2D eigenvalue weighted by molar-refractivity contribution is 6.31. The van der Waals surface area contributed by atoms with Crippen LogP contribution in [0.3, 0.4) is 0 Å². The standard InChI is InChI=1S/C14H14ClNO3/c1-18-14-7-2-4-10(16-14)9-19-13-6-3-5-12(15)11(13)8-17/h2-7,17H,8-9H2,1H3. The quantitative estimate of drug-likeness (QED) is 0.914. The fraction of sp³-hybridized carbons (Fsp3) is 0.214. The normalized spacial score (nSPS) is 10.3. The summed E-state index contributed by atoms with van der Waals surface area (Å²) >= 11 is 5.98. The first kappa shape index (κ1) is 13.6. The summed E-state index contributed by atoms with van der Waals surface area (Å²) in [5.41, 5.74) is 1.32. The molecule has 0 saturated heterocycles. The zero-order valence-electron chi connectivity index (χ0n) is 10.5. The van der Waals surface area contributed by atoms with E-state index in [-0.39, 0.29) is 13.2 Å². The number of aromatic nitrogens is 1. The number of halogens is 1. The minimum absolute atomic E-state index is 0.166. The van der Waals surface area contributed by atoms with Gasteiger partial charge in [-0.2, -0.15) is 0 Å². The summed E-state index contributed by atoms with van der Waals surface area (Å²) in [6, 6.07) is 10.7. The number of ether oxygens (including phenoxy) is 2. The van der Waals surface area contributed by atoms with Crippen molar-refractivity contribution >= 4 is 11.6 Å². The highest BCUT2D eigenvalue weighted by atomic mass is 35.5. The summed E-state index contributed by atoms with van der Waals surface area (Å²) in [7, 11) is 1.56. The zero-order chi connectivity index (χ0) is 13.7. The van der Waals surface area contributed by atoms with Crippen LogP contribution in [0.4, 0.5) is 0 Å². The van der Waals surface area contributed by atoms with Crippen LogP contribution in [0.5, 0.6) is 11.6 Å². The average molecular weight is 280 g/mol. The molecule has 0 aliphatic carbocycles. The minimum Gasteiger partial charge on any atom is -0.487 e. The molecule has 2 aromatic rings. The highest BCUT2D eigenvalue weighted by Gasteiger charge is 2.07. The van der Waals surface area contributed by atoms with Gasteiger partial charge < -0.3 is 14.6 Å². The average Bonchev–Trinajstić information content (AvgIpc) is 2.45. The summed E-state index contributed by atoms with van der Waals surface area (Å²) in [5.74, 6) is 1.09. The fourth-order valence-electron chi connectivity index (χ4n) is 1.63. The third-order valence-electron chi connectivity index (χ3n) is 2.60. The summed E-state index contributed by atoms with van der Waals surface area (Å²) in [5, 5.41) is 9.76. The predicted molar refractivity (Wildman–Crippen MR) is 72.5 cm³/mol. The summed E-state index contributed by atoms with van der Waals surface area (Å²) < 4.78 is 10.7. The Hall–Kier alpha value is -1.78. The lowest BCUT2D eigenvalue weighted by Crippen LogP contribution is -2.02. The van der Waals surface area contributed by atoms with E-state index in [2.05, 4.69) is 4.98 Å². The molecule has 0 atom stereocenters. The number of rotatable bonds is 5. The monoisotopic (exact) mass is 279 g/mol. The summed E-state index contributed by atoms with van der Waals surface area (Å²) in [6.45, 7) is 0.116. The molecule has 5 heteroatoms. The molecule has 0 fully saturated rings. The van der Waals surface area contributed by atoms with Crippen molar-refractivity contribution in [3.05, 3.63) is 52.7 Å². The number of benzene rings is 1.